The highest BCUT2D eigenvalue weighted by atomic mass is 79.9. The van der Waals surface area contributed by atoms with Gasteiger partial charge in [0.25, 0.3) is 0 Å². The van der Waals surface area contributed by atoms with Gasteiger partial charge in [-0.2, -0.15) is 0 Å². The summed E-state index contributed by atoms with van der Waals surface area (Å²) in [7, 11) is 0. The molecule has 1 rings (SSSR count). The van der Waals surface area contributed by atoms with Crippen molar-refractivity contribution in [2.75, 3.05) is 5.33 Å². The molecule has 0 heterocycles. The van der Waals surface area contributed by atoms with E-state index in [4.69, 9.17) is 23.2 Å². The monoisotopic (exact) mass is 280 g/mol. The first kappa shape index (κ1) is 11.4. The molecule has 0 radical (unpaired) electrons. The molecule has 13 heavy (non-hydrogen) atoms. The first-order chi connectivity index (χ1) is 6.27. The second-order valence-electron chi connectivity index (χ2n) is 2.85. The van der Waals surface area contributed by atoms with Crippen LogP contribution in [0.25, 0.3) is 0 Å². The maximum Gasteiger partial charge on any atom is 0.0474 e. The molecule has 0 unspecified atom stereocenters. The van der Waals surface area contributed by atoms with Crippen LogP contribution in [0, 0.1) is 0 Å². The average molecular weight is 282 g/mol. The van der Waals surface area contributed by atoms with Crippen molar-refractivity contribution in [2.45, 2.75) is 18.7 Å². The van der Waals surface area contributed by atoms with Crippen LogP contribution in [0.4, 0.5) is 0 Å². The Kier molecular flexibility index (Phi) is 5.15. The van der Waals surface area contributed by atoms with E-state index in [0.29, 0.717) is 5.88 Å². The Hall–Kier alpha value is 0.280. The van der Waals surface area contributed by atoms with Gasteiger partial charge in [0.15, 0.2) is 0 Å². The van der Waals surface area contributed by atoms with E-state index in [1.165, 1.54) is 5.56 Å². The molecule has 0 fully saturated rings. The number of alkyl halides is 2. The molecule has 0 spiro atoms. The van der Waals surface area contributed by atoms with Crippen LogP contribution < -0.4 is 0 Å². The topological polar surface area (TPSA) is 0 Å². The Morgan fingerprint density at radius 3 is 2.62 bits per heavy atom. The molecule has 0 saturated heterocycles. The van der Waals surface area contributed by atoms with E-state index in [1.54, 1.807) is 0 Å². The molecule has 0 nitrogen and oxygen atoms in total. The predicted molar refractivity (Wildman–Crippen MR) is 63.1 cm³/mol. The van der Waals surface area contributed by atoms with Gasteiger partial charge in [-0.1, -0.05) is 39.7 Å². The van der Waals surface area contributed by atoms with Crippen molar-refractivity contribution in [3.8, 4) is 0 Å². The molecule has 0 aliphatic rings. The van der Waals surface area contributed by atoms with Crippen LogP contribution in [0.1, 0.15) is 17.5 Å². The summed E-state index contributed by atoms with van der Waals surface area (Å²) in [6.07, 6.45) is 2.13. The molecule has 0 N–H and O–H groups in total. The number of hydrogen-bond donors (Lipinski definition) is 0. The summed E-state index contributed by atoms with van der Waals surface area (Å²) in [6.45, 7) is 0. The lowest BCUT2D eigenvalue weighted by Gasteiger charge is -2.04. The number of aryl methyl sites for hydroxylation is 1. The lowest BCUT2D eigenvalue weighted by atomic mass is 10.1. The van der Waals surface area contributed by atoms with Crippen LogP contribution in [-0.2, 0) is 12.3 Å². The summed E-state index contributed by atoms with van der Waals surface area (Å²) in [6, 6.07) is 6.03. The SMILES string of the molecule is ClCc1ccc(CCCBr)c(Cl)c1. The van der Waals surface area contributed by atoms with Crippen molar-refractivity contribution in [3.63, 3.8) is 0 Å². The molecular weight excluding hydrogens is 271 g/mol. The Morgan fingerprint density at radius 2 is 2.08 bits per heavy atom. The quantitative estimate of drug-likeness (QED) is 0.718. The highest BCUT2D eigenvalue weighted by Gasteiger charge is 2.00. The lowest BCUT2D eigenvalue weighted by Crippen LogP contribution is -1.89. The number of halogens is 3. The van der Waals surface area contributed by atoms with Crippen LogP contribution >= 0.6 is 39.1 Å². The van der Waals surface area contributed by atoms with Gasteiger partial charge in [-0.05, 0) is 30.0 Å². The van der Waals surface area contributed by atoms with Crippen LogP contribution in [0.15, 0.2) is 18.2 Å². The Bertz CT molecular complexity index is 274. The highest BCUT2D eigenvalue weighted by Crippen LogP contribution is 2.20. The summed E-state index contributed by atoms with van der Waals surface area (Å²) >= 11 is 15.2. The van der Waals surface area contributed by atoms with Crippen molar-refractivity contribution in [1.29, 1.82) is 0 Å². The van der Waals surface area contributed by atoms with Gasteiger partial charge in [0.1, 0.15) is 0 Å². The van der Waals surface area contributed by atoms with Gasteiger partial charge in [-0.25, -0.2) is 0 Å². The third-order valence-electron chi connectivity index (χ3n) is 1.85. The molecule has 0 amide bonds. The zero-order chi connectivity index (χ0) is 9.68. The molecular formula is C10H11BrCl2. The summed E-state index contributed by atoms with van der Waals surface area (Å²) in [5.74, 6) is 0.526. The average Bonchev–Trinajstić information content (AvgIpc) is 2.16. The zero-order valence-corrected chi connectivity index (χ0v) is 10.3. The molecule has 0 atom stereocenters. The summed E-state index contributed by atoms with van der Waals surface area (Å²) in [4.78, 5) is 0. The third kappa shape index (κ3) is 3.49. The zero-order valence-electron chi connectivity index (χ0n) is 7.19. The molecule has 0 saturated carbocycles. The van der Waals surface area contributed by atoms with Gasteiger partial charge in [0.2, 0.25) is 0 Å². The highest BCUT2D eigenvalue weighted by molar-refractivity contribution is 9.09. The standard InChI is InChI=1S/C10H11BrCl2/c11-5-1-2-9-4-3-8(7-12)6-10(9)13/h3-4,6H,1-2,5,7H2. The van der Waals surface area contributed by atoms with E-state index in [0.717, 1.165) is 28.8 Å². The van der Waals surface area contributed by atoms with Crippen molar-refractivity contribution < 1.29 is 0 Å². The van der Waals surface area contributed by atoms with Gasteiger partial charge >= 0.3 is 0 Å². The van der Waals surface area contributed by atoms with Crippen molar-refractivity contribution in [3.05, 3.63) is 34.3 Å². The van der Waals surface area contributed by atoms with E-state index in [9.17, 15) is 0 Å². The van der Waals surface area contributed by atoms with E-state index in [-0.39, 0.29) is 0 Å². The minimum absolute atomic E-state index is 0.526. The molecule has 0 aromatic heterocycles. The molecule has 1 aromatic rings. The number of benzene rings is 1. The second-order valence-corrected chi connectivity index (χ2v) is 4.32. The van der Waals surface area contributed by atoms with E-state index < -0.39 is 0 Å². The van der Waals surface area contributed by atoms with Crippen LogP contribution in [-0.4, -0.2) is 5.33 Å². The summed E-state index contributed by atoms with van der Waals surface area (Å²) < 4.78 is 0. The molecule has 72 valence electrons. The van der Waals surface area contributed by atoms with Gasteiger partial charge in [-0.3, -0.25) is 0 Å². The molecule has 0 aliphatic heterocycles. The molecule has 0 aliphatic carbocycles. The maximum absolute atomic E-state index is 6.07. The fraction of sp³-hybridized carbons (Fsp3) is 0.400. The van der Waals surface area contributed by atoms with E-state index in [1.807, 2.05) is 12.1 Å². The normalized spacial score (nSPS) is 10.4. The van der Waals surface area contributed by atoms with Gasteiger partial charge in [-0.15, -0.1) is 11.6 Å². The minimum atomic E-state index is 0.526. The van der Waals surface area contributed by atoms with Crippen molar-refractivity contribution >= 4 is 39.1 Å². The Balaban J connectivity index is 2.73. The van der Waals surface area contributed by atoms with Crippen molar-refractivity contribution in [2.24, 2.45) is 0 Å². The largest absolute Gasteiger partial charge is 0.122 e. The van der Waals surface area contributed by atoms with Crippen LogP contribution in [0.5, 0.6) is 0 Å². The Morgan fingerprint density at radius 1 is 1.31 bits per heavy atom. The van der Waals surface area contributed by atoms with Gasteiger partial charge in [0.05, 0.1) is 0 Å². The third-order valence-corrected chi connectivity index (χ3v) is 3.07. The fourth-order valence-electron chi connectivity index (χ4n) is 1.13. The lowest BCUT2D eigenvalue weighted by molar-refractivity contribution is 0.939. The van der Waals surface area contributed by atoms with Crippen LogP contribution in [0.3, 0.4) is 0 Å². The van der Waals surface area contributed by atoms with Gasteiger partial charge < -0.3 is 0 Å². The molecule has 0 bridgehead atoms. The van der Waals surface area contributed by atoms with Gasteiger partial charge in [0, 0.05) is 16.2 Å². The maximum atomic E-state index is 6.07. The second kappa shape index (κ2) is 5.90. The van der Waals surface area contributed by atoms with Crippen LogP contribution in [0.2, 0.25) is 5.02 Å². The predicted octanol–water partition coefficient (Wildman–Crippen LogP) is 4.41. The number of hydrogen-bond acceptors (Lipinski definition) is 0. The fourth-order valence-corrected chi connectivity index (χ4v) is 1.88. The summed E-state index contributed by atoms with van der Waals surface area (Å²) in [5.41, 5.74) is 2.28. The summed E-state index contributed by atoms with van der Waals surface area (Å²) in [5, 5.41) is 1.85. The minimum Gasteiger partial charge on any atom is -0.122 e. The first-order valence-electron chi connectivity index (χ1n) is 4.17. The Labute approximate surface area is 97.4 Å². The van der Waals surface area contributed by atoms with E-state index >= 15 is 0 Å². The van der Waals surface area contributed by atoms with E-state index in [2.05, 4.69) is 22.0 Å². The first-order valence-corrected chi connectivity index (χ1v) is 6.20. The van der Waals surface area contributed by atoms with Crippen molar-refractivity contribution in [1.82, 2.24) is 0 Å². The number of rotatable bonds is 4. The smallest absolute Gasteiger partial charge is 0.0474 e. The molecule has 1 aromatic carbocycles. The molecule has 3 heteroatoms.